The first-order valence-electron chi connectivity index (χ1n) is 10.9. The molecule has 146 valence electrons. The minimum absolute atomic E-state index is 0.0979. The van der Waals surface area contributed by atoms with Gasteiger partial charge >= 0.3 is 0 Å². The third-order valence-corrected chi connectivity index (χ3v) is 7.55. The lowest BCUT2D eigenvalue weighted by Crippen LogP contribution is -2.68. The van der Waals surface area contributed by atoms with Gasteiger partial charge in [-0.25, -0.2) is 0 Å². The number of likely N-dealkylation sites (tertiary alicyclic amines) is 1. The molecule has 4 aliphatic rings. The summed E-state index contributed by atoms with van der Waals surface area (Å²) in [5.74, 6) is 0.130. The van der Waals surface area contributed by atoms with Crippen LogP contribution in [-0.2, 0) is 14.3 Å². The van der Waals surface area contributed by atoms with Crippen LogP contribution in [0.3, 0.4) is 0 Å². The second-order valence-corrected chi connectivity index (χ2v) is 8.92. The molecular weight excluding hydrogens is 328 g/mol. The summed E-state index contributed by atoms with van der Waals surface area (Å²) < 4.78 is 5.88. The second-order valence-electron chi connectivity index (χ2n) is 8.92. The summed E-state index contributed by atoms with van der Waals surface area (Å²) in [6, 6.07) is 0.620. The Morgan fingerprint density at radius 1 is 1.19 bits per heavy atom. The van der Waals surface area contributed by atoms with E-state index in [1.165, 1.54) is 44.9 Å². The molecule has 0 unspecified atom stereocenters. The molecule has 1 saturated heterocycles. The minimum atomic E-state index is -0.158. The first-order valence-corrected chi connectivity index (χ1v) is 10.9. The van der Waals surface area contributed by atoms with E-state index in [9.17, 15) is 9.59 Å². The average Bonchev–Trinajstić information content (AvgIpc) is 2.78. The van der Waals surface area contributed by atoms with E-state index in [2.05, 4.69) is 5.32 Å². The Labute approximate surface area is 157 Å². The van der Waals surface area contributed by atoms with Crippen molar-refractivity contribution in [3.05, 3.63) is 0 Å². The molecule has 1 aliphatic heterocycles. The highest BCUT2D eigenvalue weighted by Crippen LogP contribution is 2.57. The van der Waals surface area contributed by atoms with E-state index in [1.807, 2.05) is 11.8 Å². The van der Waals surface area contributed by atoms with Crippen LogP contribution in [0, 0.1) is 11.3 Å². The molecule has 3 atom stereocenters. The van der Waals surface area contributed by atoms with Crippen LogP contribution in [0.15, 0.2) is 0 Å². The fourth-order valence-corrected chi connectivity index (χ4v) is 5.76. The monoisotopic (exact) mass is 362 g/mol. The van der Waals surface area contributed by atoms with Crippen LogP contribution in [0.5, 0.6) is 0 Å². The van der Waals surface area contributed by atoms with Crippen molar-refractivity contribution in [2.45, 2.75) is 95.7 Å². The van der Waals surface area contributed by atoms with Gasteiger partial charge < -0.3 is 15.0 Å². The zero-order chi connectivity index (χ0) is 18.1. The number of hydrogen-bond acceptors (Lipinski definition) is 3. The molecule has 5 nitrogen and oxygen atoms in total. The molecule has 26 heavy (non-hydrogen) atoms. The van der Waals surface area contributed by atoms with E-state index in [0.717, 1.165) is 25.9 Å². The quantitative estimate of drug-likeness (QED) is 0.765. The smallest absolute Gasteiger partial charge is 0.225 e. The van der Waals surface area contributed by atoms with Crippen LogP contribution in [0.25, 0.3) is 0 Å². The van der Waals surface area contributed by atoms with E-state index in [4.69, 9.17) is 4.74 Å². The molecule has 2 amide bonds. The lowest BCUT2D eigenvalue weighted by atomic mass is 9.51. The van der Waals surface area contributed by atoms with E-state index in [0.29, 0.717) is 25.1 Å². The molecule has 5 heteroatoms. The fourth-order valence-electron chi connectivity index (χ4n) is 5.76. The molecule has 4 rings (SSSR count). The highest BCUT2D eigenvalue weighted by molar-refractivity contribution is 5.89. The summed E-state index contributed by atoms with van der Waals surface area (Å²) in [6.07, 6.45) is 12.5. The molecule has 3 aliphatic carbocycles. The number of carbonyl (C=O) groups excluding carboxylic acids is 2. The molecule has 0 aromatic heterocycles. The van der Waals surface area contributed by atoms with Gasteiger partial charge in [-0.15, -0.1) is 0 Å². The van der Waals surface area contributed by atoms with Gasteiger partial charge in [0, 0.05) is 37.1 Å². The summed E-state index contributed by atoms with van der Waals surface area (Å²) in [5, 5.41) is 3.30. The van der Waals surface area contributed by atoms with Crippen molar-refractivity contribution in [3.63, 3.8) is 0 Å². The van der Waals surface area contributed by atoms with Crippen molar-refractivity contribution in [2.75, 3.05) is 13.2 Å². The highest BCUT2D eigenvalue weighted by Gasteiger charge is 2.59. The normalized spacial score (nSPS) is 34.3. The standard InChI is InChI=1S/C21H34N2O3/c1-2-26-18-13-17(21(18)10-7-11-21)22-20(25)15-12-19(24)23(14-15)16-8-5-3-4-6-9-16/h15-18H,2-14H2,1H3,(H,22,25)/t15-,17+,18-/m1/s1. The highest BCUT2D eigenvalue weighted by atomic mass is 16.5. The van der Waals surface area contributed by atoms with Crippen molar-refractivity contribution in [1.29, 1.82) is 0 Å². The van der Waals surface area contributed by atoms with Crippen LogP contribution in [0.4, 0.5) is 0 Å². The van der Waals surface area contributed by atoms with Crippen molar-refractivity contribution in [1.82, 2.24) is 10.2 Å². The number of nitrogens with one attached hydrogen (secondary N) is 1. The van der Waals surface area contributed by atoms with Crippen molar-refractivity contribution in [2.24, 2.45) is 11.3 Å². The molecular formula is C21H34N2O3. The number of hydrogen-bond donors (Lipinski definition) is 1. The summed E-state index contributed by atoms with van der Waals surface area (Å²) in [4.78, 5) is 27.4. The number of carbonyl (C=O) groups is 2. The van der Waals surface area contributed by atoms with Gasteiger partial charge in [-0.05, 0) is 39.0 Å². The number of ether oxygens (including phenoxy) is 1. The molecule has 1 heterocycles. The Morgan fingerprint density at radius 2 is 1.92 bits per heavy atom. The lowest BCUT2D eigenvalue weighted by molar-refractivity contribution is -0.176. The molecule has 0 aromatic rings. The van der Waals surface area contributed by atoms with Gasteiger partial charge in [0.2, 0.25) is 11.8 Å². The topological polar surface area (TPSA) is 58.6 Å². The van der Waals surface area contributed by atoms with Gasteiger partial charge in [0.15, 0.2) is 0 Å². The van der Waals surface area contributed by atoms with Crippen LogP contribution in [0.2, 0.25) is 0 Å². The number of nitrogens with zero attached hydrogens (tertiary/aromatic N) is 1. The zero-order valence-electron chi connectivity index (χ0n) is 16.2. The first-order chi connectivity index (χ1) is 12.6. The number of amides is 2. The van der Waals surface area contributed by atoms with Crippen molar-refractivity contribution >= 4 is 11.8 Å². The van der Waals surface area contributed by atoms with Gasteiger partial charge in [-0.2, -0.15) is 0 Å². The molecule has 0 bridgehead atoms. The summed E-state index contributed by atoms with van der Waals surface area (Å²) in [6.45, 7) is 3.43. The summed E-state index contributed by atoms with van der Waals surface area (Å²) in [7, 11) is 0. The maximum absolute atomic E-state index is 12.9. The largest absolute Gasteiger partial charge is 0.378 e. The molecule has 4 fully saturated rings. The van der Waals surface area contributed by atoms with Crippen LogP contribution in [0.1, 0.15) is 77.6 Å². The van der Waals surface area contributed by atoms with Gasteiger partial charge in [-0.3, -0.25) is 9.59 Å². The maximum Gasteiger partial charge on any atom is 0.225 e. The van der Waals surface area contributed by atoms with Crippen LogP contribution >= 0.6 is 0 Å². The van der Waals surface area contributed by atoms with E-state index in [1.54, 1.807) is 0 Å². The Bertz CT molecular complexity index is 537. The number of rotatable bonds is 5. The fraction of sp³-hybridized carbons (Fsp3) is 0.905. The molecule has 0 radical (unpaired) electrons. The van der Waals surface area contributed by atoms with Crippen molar-refractivity contribution < 1.29 is 14.3 Å². The predicted molar refractivity (Wildman–Crippen MR) is 99.6 cm³/mol. The van der Waals surface area contributed by atoms with Gasteiger partial charge in [0.05, 0.1) is 12.0 Å². The molecule has 1 N–H and O–H groups in total. The van der Waals surface area contributed by atoms with E-state index < -0.39 is 0 Å². The van der Waals surface area contributed by atoms with E-state index >= 15 is 0 Å². The average molecular weight is 363 g/mol. The lowest BCUT2D eigenvalue weighted by Gasteiger charge is -2.61. The van der Waals surface area contributed by atoms with E-state index in [-0.39, 0.29) is 29.2 Å². The SMILES string of the molecule is CCO[C@@H]1C[C@H](NC(=O)[C@@H]2CC(=O)N(C3CCCCCC3)C2)C12CCC2. The molecule has 1 spiro atoms. The third-order valence-electron chi connectivity index (χ3n) is 7.55. The first kappa shape index (κ1) is 18.3. The van der Waals surface area contributed by atoms with Crippen molar-refractivity contribution in [3.8, 4) is 0 Å². The Morgan fingerprint density at radius 3 is 2.54 bits per heavy atom. The van der Waals surface area contributed by atoms with Gasteiger partial charge in [0.25, 0.3) is 0 Å². The minimum Gasteiger partial charge on any atom is -0.378 e. The third kappa shape index (κ3) is 3.17. The van der Waals surface area contributed by atoms with Crippen LogP contribution in [-0.4, -0.2) is 48.1 Å². The molecule has 3 saturated carbocycles. The summed E-state index contributed by atoms with van der Waals surface area (Å²) in [5.41, 5.74) is 0.190. The Balaban J connectivity index is 1.32. The van der Waals surface area contributed by atoms with Gasteiger partial charge in [-0.1, -0.05) is 32.1 Å². The van der Waals surface area contributed by atoms with Crippen LogP contribution < -0.4 is 5.32 Å². The Kier molecular flexibility index (Phi) is 5.27. The predicted octanol–water partition coefficient (Wildman–Crippen LogP) is 3.02. The second kappa shape index (κ2) is 7.49. The molecule has 0 aromatic carbocycles. The summed E-state index contributed by atoms with van der Waals surface area (Å²) >= 11 is 0. The Hall–Kier alpha value is -1.10. The zero-order valence-corrected chi connectivity index (χ0v) is 16.2. The van der Waals surface area contributed by atoms with Gasteiger partial charge in [0.1, 0.15) is 0 Å². The maximum atomic E-state index is 12.9.